The van der Waals surface area contributed by atoms with E-state index in [1.165, 1.54) is 37.0 Å². The molecule has 2 aliphatic heterocycles. The molecular weight excluding hydrogens is 312 g/mol. The highest BCUT2D eigenvalue weighted by molar-refractivity contribution is 7.07. The molecule has 1 aromatic rings. The molecule has 2 saturated heterocycles. The SMILES string of the molecule is O=C(c1cscn1)N1C[C@@H](OCC2CCCC2)[C@H]2OCCC[C@H]21. The molecule has 23 heavy (non-hydrogen) atoms. The number of hydrogen-bond donors (Lipinski definition) is 0. The smallest absolute Gasteiger partial charge is 0.273 e. The number of hydrogen-bond acceptors (Lipinski definition) is 5. The third-order valence-corrected chi connectivity index (χ3v) is 6.00. The van der Waals surface area contributed by atoms with Crippen molar-refractivity contribution in [2.45, 2.75) is 56.8 Å². The van der Waals surface area contributed by atoms with Crippen LogP contribution in [0.5, 0.6) is 0 Å². The Bertz CT molecular complexity index is 530. The number of ether oxygens (including phenoxy) is 2. The highest BCUT2D eigenvalue weighted by atomic mass is 32.1. The molecule has 5 nitrogen and oxygen atoms in total. The number of rotatable bonds is 4. The predicted molar refractivity (Wildman–Crippen MR) is 87.6 cm³/mol. The van der Waals surface area contributed by atoms with Crippen LogP contribution in [0, 0.1) is 5.92 Å². The number of carbonyl (C=O) groups is 1. The molecule has 0 bridgehead atoms. The fourth-order valence-electron chi connectivity index (χ4n) is 4.19. The lowest BCUT2D eigenvalue weighted by molar-refractivity contribution is -0.0821. The van der Waals surface area contributed by atoms with Crippen molar-refractivity contribution in [3.05, 3.63) is 16.6 Å². The molecule has 1 aromatic heterocycles. The van der Waals surface area contributed by atoms with Gasteiger partial charge in [0.2, 0.25) is 0 Å². The maximum atomic E-state index is 12.7. The number of amides is 1. The maximum Gasteiger partial charge on any atom is 0.273 e. The monoisotopic (exact) mass is 336 g/mol. The summed E-state index contributed by atoms with van der Waals surface area (Å²) in [7, 11) is 0. The highest BCUT2D eigenvalue weighted by Crippen LogP contribution is 2.33. The molecule has 3 fully saturated rings. The number of fused-ring (bicyclic) bond motifs is 1. The first kappa shape index (κ1) is 15.5. The first-order valence-electron chi connectivity index (χ1n) is 8.75. The summed E-state index contributed by atoms with van der Waals surface area (Å²) in [5.41, 5.74) is 2.27. The van der Waals surface area contributed by atoms with Crippen LogP contribution in [0.2, 0.25) is 0 Å². The molecule has 0 N–H and O–H groups in total. The third-order valence-electron chi connectivity index (χ3n) is 5.41. The number of carbonyl (C=O) groups excluding carboxylic acids is 1. The molecular formula is C17H24N2O3S. The molecule has 3 aliphatic rings. The van der Waals surface area contributed by atoms with Crippen molar-refractivity contribution in [3.8, 4) is 0 Å². The normalized spacial score (nSPS) is 31.5. The van der Waals surface area contributed by atoms with E-state index >= 15 is 0 Å². The standard InChI is InChI=1S/C17H24N2O3S/c20-17(13-10-23-11-18-13)19-8-15(16-14(19)6-3-7-21-16)22-9-12-4-1-2-5-12/h10-12,14-16H,1-9H2/t14-,15-,16+/m1/s1. The quantitative estimate of drug-likeness (QED) is 0.848. The molecule has 1 amide bonds. The van der Waals surface area contributed by atoms with E-state index in [1.54, 1.807) is 5.51 Å². The molecule has 1 saturated carbocycles. The van der Waals surface area contributed by atoms with E-state index in [9.17, 15) is 4.79 Å². The Morgan fingerprint density at radius 2 is 2.22 bits per heavy atom. The van der Waals surface area contributed by atoms with Crippen molar-refractivity contribution in [3.63, 3.8) is 0 Å². The lowest BCUT2D eigenvalue weighted by Gasteiger charge is -2.32. The first-order valence-corrected chi connectivity index (χ1v) is 9.69. The van der Waals surface area contributed by atoms with Crippen molar-refractivity contribution in [1.29, 1.82) is 0 Å². The van der Waals surface area contributed by atoms with Crippen LogP contribution in [0.15, 0.2) is 10.9 Å². The van der Waals surface area contributed by atoms with E-state index in [-0.39, 0.29) is 24.2 Å². The lowest BCUT2D eigenvalue weighted by atomic mass is 10.0. The first-order chi connectivity index (χ1) is 11.3. The number of likely N-dealkylation sites (tertiary alicyclic amines) is 1. The Balaban J connectivity index is 1.44. The summed E-state index contributed by atoms with van der Waals surface area (Å²) >= 11 is 1.46. The summed E-state index contributed by atoms with van der Waals surface area (Å²) in [4.78, 5) is 18.8. The second-order valence-corrected chi connectivity index (χ2v) is 7.62. The van der Waals surface area contributed by atoms with Crippen LogP contribution in [-0.4, -0.2) is 53.8 Å². The topological polar surface area (TPSA) is 51.7 Å². The van der Waals surface area contributed by atoms with Gasteiger partial charge >= 0.3 is 0 Å². The van der Waals surface area contributed by atoms with Gasteiger partial charge in [0, 0.05) is 18.6 Å². The molecule has 0 unspecified atom stereocenters. The van der Waals surface area contributed by atoms with Crippen LogP contribution in [0.4, 0.5) is 0 Å². The van der Waals surface area contributed by atoms with E-state index < -0.39 is 0 Å². The van der Waals surface area contributed by atoms with Gasteiger partial charge in [-0.1, -0.05) is 12.8 Å². The van der Waals surface area contributed by atoms with Gasteiger partial charge in [-0.25, -0.2) is 4.98 Å². The van der Waals surface area contributed by atoms with Crippen molar-refractivity contribution in [2.24, 2.45) is 5.92 Å². The zero-order valence-electron chi connectivity index (χ0n) is 13.4. The Hall–Kier alpha value is -0.980. The Morgan fingerprint density at radius 1 is 1.35 bits per heavy atom. The van der Waals surface area contributed by atoms with Crippen LogP contribution < -0.4 is 0 Å². The van der Waals surface area contributed by atoms with Gasteiger partial charge in [0.25, 0.3) is 5.91 Å². The van der Waals surface area contributed by atoms with Crippen molar-refractivity contribution >= 4 is 17.2 Å². The van der Waals surface area contributed by atoms with Crippen LogP contribution >= 0.6 is 11.3 Å². The molecule has 1 aliphatic carbocycles. The zero-order valence-corrected chi connectivity index (χ0v) is 14.2. The van der Waals surface area contributed by atoms with Gasteiger partial charge in [-0.05, 0) is 31.6 Å². The fourth-order valence-corrected chi connectivity index (χ4v) is 4.72. The van der Waals surface area contributed by atoms with Crippen LogP contribution in [0.1, 0.15) is 49.0 Å². The van der Waals surface area contributed by atoms with Gasteiger partial charge in [0.15, 0.2) is 0 Å². The van der Waals surface area contributed by atoms with Crippen molar-refractivity contribution in [2.75, 3.05) is 19.8 Å². The molecule has 3 atom stereocenters. The van der Waals surface area contributed by atoms with Gasteiger partial charge in [0.05, 0.1) is 18.1 Å². The number of aromatic nitrogens is 1. The van der Waals surface area contributed by atoms with Gasteiger partial charge in [0.1, 0.15) is 17.9 Å². The minimum absolute atomic E-state index is 0.0171. The maximum absolute atomic E-state index is 12.7. The predicted octanol–water partition coefficient (Wildman–Crippen LogP) is 2.72. The molecule has 3 heterocycles. The van der Waals surface area contributed by atoms with E-state index in [1.807, 2.05) is 10.3 Å². The van der Waals surface area contributed by atoms with E-state index in [2.05, 4.69) is 4.98 Å². The van der Waals surface area contributed by atoms with E-state index in [4.69, 9.17) is 9.47 Å². The highest BCUT2D eigenvalue weighted by Gasteiger charge is 2.47. The second kappa shape index (κ2) is 6.87. The van der Waals surface area contributed by atoms with Crippen molar-refractivity contribution in [1.82, 2.24) is 9.88 Å². The lowest BCUT2D eigenvalue weighted by Crippen LogP contribution is -2.44. The molecule has 6 heteroatoms. The molecule has 0 aromatic carbocycles. The number of nitrogens with zero attached hydrogens (tertiary/aromatic N) is 2. The van der Waals surface area contributed by atoms with E-state index in [0.29, 0.717) is 18.2 Å². The third kappa shape index (κ3) is 3.16. The average molecular weight is 336 g/mol. The summed E-state index contributed by atoms with van der Waals surface area (Å²) in [6.07, 6.45) is 7.29. The largest absolute Gasteiger partial charge is 0.373 e. The van der Waals surface area contributed by atoms with E-state index in [0.717, 1.165) is 26.1 Å². The Labute approximate surface area is 141 Å². The van der Waals surface area contributed by atoms with Crippen LogP contribution in [0.3, 0.4) is 0 Å². The molecule has 0 radical (unpaired) electrons. The fraction of sp³-hybridized carbons (Fsp3) is 0.765. The van der Waals surface area contributed by atoms with Crippen LogP contribution in [-0.2, 0) is 9.47 Å². The minimum Gasteiger partial charge on any atom is -0.373 e. The van der Waals surface area contributed by atoms with Gasteiger partial charge in [-0.2, -0.15) is 0 Å². The average Bonchev–Trinajstić information content (AvgIpc) is 3.32. The Morgan fingerprint density at radius 3 is 3.00 bits per heavy atom. The molecule has 0 spiro atoms. The number of thiazole rings is 1. The molecule has 4 rings (SSSR count). The second-order valence-electron chi connectivity index (χ2n) is 6.90. The summed E-state index contributed by atoms with van der Waals surface area (Å²) < 4.78 is 12.2. The summed E-state index contributed by atoms with van der Waals surface area (Å²) in [6.45, 7) is 2.23. The Kier molecular flexibility index (Phi) is 4.64. The van der Waals surface area contributed by atoms with Gasteiger partial charge in [-0.3, -0.25) is 4.79 Å². The van der Waals surface area contributed by atoms with Gasteiger partial charge < -0.3 is 14.4 Å². The molecule has 126 valence electrons. The summed E-state index contributed by atoms with van der Waals surface area (Å²) in [6, 6.07) is 0.145. The van der Waals surface area contributed by atoms with Crippen LogP contribution in [0.25, 0.3) is 0 Å². The minimum atomic E-state index is 0.0171. The van der Waals surface area contributed by atoms with Crippen molar-refractivity contribution < 1.29 is 14.3 Å². The zero-order chi connectivity index (χ0) is 15.6. The van der Waals surface area contributed by atoms with Gasteiger partial charge in [-0.15, -0.1) is 11.3 Å². The summed E-state index contributed by atoms with van der Waals surface area (Å²) in [5, 5.41) is 1.83. The summed E-state index contributed by atoms with van der Waals surface area (Å²) in [5.74, 6) is 0.721.